The van der Waals surface area contributed by atoms with Crippen molar-refractivity contribution >= 4 is 17.1 Å². The number of imidazole rings is 1. The molecule has 1 fully saturated rings. The first-order valence-electron chi connectivity index (χ1n) is 5.88. The number of aromatic nitrogens is 4. The van der Waals surface area contributed by atoms with Crippen molar-refractivity contribution in [3.05, 3.63) is 28.8 Å². The molecule has 20 heavy (non-hydrogen) atoms. The SMILES string of the molecule is C=C1[C@@H](O)[C@H](n2cnc3c(=O)[nH]c(N)nc32)O[C@@H]1CO. The van der Waals surface area contributed by atoms with Crippen molar-refractivity contribution in [3.8, 4) is 0 Å². The topological polar surface area (TPSA) is 139 Å². The molecule has 3 atom stereocenters. The van der Waals surface area contributed by atoms with Crippen molar-refractivity contribution in [2.45, 2.75) is 18.4 Å². The third-order valence-electron chi connectivity index (χ3n) is 3.26. The second-order valence-electron chi connectivity index (χ2n) is 4.49. The molecule has 0 aromatic carbocycles. The summed E-state index contributed by atoms with van der Waals surface area (Å²) in [6.45, 7) is 3.38. The highest BCUT2D eigenvalue weighted by atomic mass is 16.5. The van der Waals surface area contributed by atoms with E-state index in [1.165, 1.54) is 10.9 Å². The maximum absolute atomic E-state index is 11.7. The molecule has 106 valence electrons. The minimum atomic E-state index is -1.04. The fourth-order valence-electron chi connectivity index (χ4n) is 2.21. The van der Waals surface area contributed by atoms with Crippen LogP contribution in [0.15, 0.2) is 23.3 Å². The summed E-state index contributed by atoms with van der Waals surface area (Å²) in [7, 11) is 0. The Morgan fingerprint density at radius 1 is 1.60 bits per heavy atom. The van der Waals surface area contributed by atoms with E-state index in [4.69, 9.17) is 15.6 Å². The van der Waals surface area contributed by atoms with Gasteiger partial charge in [-0.2, -0.15) is 4.98 Å². The van der Waals surface area contributed by atoms with Crippen LogP contribution in [0.2, 0.25) is 0 Å². The number of ether oxygens (including phenoxy) is 1. The van der Waals surface area contributed by atoms with Crippen LogP contribution in [0, 0.1) is 0 Å². The maximum Gasteiger partial charge on any atom is 0.280 e. The van der Waals surface area contributed by atoms with Gasteiger partial charge in [-0.05, 0) is 5.57 Å². The van der Waals surface area contributed by atoms with Crippen LogP contribution < -0.4 is 11.3 Å². The van der Waals surface area contributed by atoms with Gasteiger partial charge >= 0.3 is 0 Å². The number of anilines is 1. The van der Waals surface area contributed by atoms with Crippen molar-refractivity contribution in [1.82, 2.24) is 19.5 Å². The molecule has 0 bridgehead atoms. The molecule has 0 unspecified atom stereocenters. The Kier molecular flexibility index (Phi) is 2.82. The van der Waals surface area contributed by atoms with Crippen LogP contribution in [-0.2, 0) is 4.74 Å². The average molecular weight is 279 g/mol. The van der Waals surface area contributed by atoms with E-state index in [-0.39, 0.29) is 23.7 Å². The second kappa shape index (κ2) is 4.40. The molecule has 3 rings (SSSR count). The number of fused-ring (bicyclic) bond motifs is 1. The molecule has 0 spiro atoms. The van der Waals surface area contributed by atoms with E-state index in [2.05, 4.69) is 21.5 Å². The summed E-state index contributed by atoms with van der Waals surface area (Å²) in [5.74, 6) is -0.0609. The average Bonchev–Trinajstić information content (AvgIpc) is 2.93. The van der Waals surface area contributed by atoms with E-state index in [0.29, 0.717) is 5.57 Å². The van der Waals surface area contributed by atoms with E-state index in [0.717, 1.165) is 0 Å². The summed E-state index contributed by atoms with van der Waals surface area (Å²) >= 11 is 0. The zero-order valence-corrected chi connectivity index (χ0v) is 10.4. The molecule has 1 aliphatic heterocycles. The van der Waals surface area contributed by atoms with Crippen molar-refractivity contribution in [1.29, 1.82) is 0 Å². The molecule has 9 nitrogen and oxygen atoms in total. The molecule has 0 amide bonds. The second-order valence-corrected chi connectivity index (χ2v) is 4.49. The first kappa shape index (κ1) is 12.8. The molecule has 1 saturated heterocycles. The summed E-state index contributed by atoms with van der Waals surface area (Å²) in [4.78, 5) is 21.9. The lowest BCUT2D eigenvalue weighted by Crippen LogP contribution is -2.21. The molecule has 0 saturated carbocycles. The Hall–Kier alpha value is -2.23. The van der Waals surface area contributed by atoms with Gasteiger partial charge < -0.3 is 20.7 Å². The monoisotopic (exact) mass is 279 g/mol. The van der Waals surface area contributed by atoms with Gasteiger partial charge in [0, 0.05) is 0 Å². The number of H-pyrrole nitrogens is 1. The van der Waals surface area contributed by atoms with Gasteiger partial charge in [-0.3, -0.25) is 14.3 Å². The molecule has 3 heterocycles. The normalized spacial score (nSPS) is 26.5. The van der Waals surface area contributed by atoms with Crippen LogP contribution in [0.25, 0.3) is 11.2 Å². The number of rotatable bonds is 2. The highest BCUT2D eigenvalue weighted by Crippen LogP contribution is 2.33. The Morgan fingerprint density at radius 2 is 2.35 bits per heavy atom. The predicted octanol–water partition coefficient (Wildman–Crippen LogP) is -1.49. The summed E-state index contributed by atoms with van der Waals surface area (Å²) in [5.41, 5.74) is 5.67. The number of aliphatic hydroxyl groups excluding tert-OH is 2. The molecular formula is C11H13N5O4. The number of nitrogens with two attached hydrogens (primary N) is 1. The first-order chi connectivity index (χ1) is 9.52. The van der Waals surface area contributed by atoms with E-state index < -0.39 is 24.0 Å². The Morgan fingerprint density at radius 3 is 3.00 bits per heavy atom. The predicted molar refractivity (Wildman–Crippen MR) is 68.7 cm³/mol. The molecule has 1 aliphatic rings. The van der Waals surface area contributed by atoms with Gasteiger partial charge in [-0.25, -0.2) is 4.98 Å². The quantitative estimate of drug-likeness (QED) is 0.491. The molecule has 9 heteroatoms. The zero-order chi connectivity index (χ0) is 14.4. The summed E-state index contributed by atoms with van der Waals surface area (Å²) in [5, 5.41) is 19.3. The molecule has 0 radical (unpaired) electrons. The van der Waals surface area contributed by atoms with Gasteiger partial charge in [0.1, 0.15) is 12.2 Å². The third-order valence-corrected chi connectivity index (χ3v) is 3.26. The Bertz CT molecular complexity index is 736. The number of nitrogens with zero attached hydrogens (tertiary/aromatic N) is 3. The third kappa shape index (κ3) is 1.72. The van der Waals surface area contributed by atoms with Gasteiger partial charge in [-0.1, -0.05) is 6.58 Å². The van der Waals surface area contributed by atoms with E-state index >= 15 is 0 Å². The lowest BCUT2D eigenvalue weighted by Gasteiger charge is -2.15. The highest BCUT2D eigenvalue weighted by Gasteiger charge is 2.39. The van der Waals surface area contributed by atoms with Crippen molar-refractivity contribution in [2.75, 3.05) is 12.3 Å². The minimum Gasteiger partial charge on any atom is -0.393 e. The number of aliphatic hydroxyl groups is 2. The van der Waals surface area contributed by atoms with E-state index in [9.17, 15) is 9.90 Å². The van der Waals surface area contributed by atoms with Gasteiger partial charge in [-0.15, -0.1) is 0 Å². The number of nitrogen functional groups attached to an aromatic ring is 1. The Balaban J connectivity index is 2.12. The summed E-state index contributed by atoms with van der Waals surface area (Å²) in [6.07, 6.45) is -1.25. The van der Waals surface area contributed by atoms with Crippen molar-refractivity contribution in [3.63, 3.8) is 0 Å². The number of hydrogen-bond acceptors (Lipinski definition) is 7. The van der Waals surface area contributed by atoms with E-state index in [1.807, 2.05) is 0 Å². The van der Waals surface area contributed by atoms with Crippen molar-refractivity contribution in [2.24, 2.45) is 0 Å². The number of aromatic amines is 1. The van der Waals surface area contributed by atoms with Gasteiger partial charge in [0.25, 0.3) is 5.56 Å². The fourth-order valence-corrected chi connectivity index (χ4v) is 2.21. The number of nitrogens with one attached hydrogen (secondary N) is 1. The molecule has 5 N–H and O–H groups in total. The molecule has 0 aliphatic carbocycles. The zero-order valence-electron chi connectivity index (χ0n) is 10.4. The van der Waals surface area contributed by atoms with Crippen molar-refractivity contribution < 1.29 is 14.9 Å². The fraction of sp³-hybridized carbons (Fsp3) is 0.364. The largest absolute Gasteiger partial charge is 0.393 e. The van der Waals surface area contributed by atoms with Crippen LogP contribution in [-0.4, -0.2) is 48.5 Å². The first-order valence-corrected chi connectivity index (χ1v) is 5.88. The van der Waals surface area contributed by atoms with Crippen LogP contribution in [0.4, 0.5) is 5.95 Å². The van der Waals surface area contributed by atoms with Crippen LogP contribution in [0.3, 0.4) is 0 Å². The van der Waals surface area contributed by atoms with Crippen LogP contribution in [0.1, 0.15) is 6.23 Å². The molecule has 2 aromatic rings. The smallest absolute Gasteiger partial charge is 0.280 e. The van der Waals surface area contributed by atoms with Gasteiger partial charge in [0.05, 0.1) is 12.9 Å². The summed E-state index contributed by atoms with van der Waals surface area (Å²) in [6, 6.07) is 0. The van der Waals surface area contributed by atoms with Crippen LogP contribution in [0.5, 0.6) is 0 Å². The summed E-state index contributed by atoms with van der Waals surface area (Å²) < 4.78 is 6.89. The minimum absolute atomic E-state index is 0.0609. The maximum atomic E-state index is 11.7. The lowest BCUT2D eigenvalue weighted by atomic mass is 10.1. The highest BCUT2D eigenvalue weighted by molar-refractivity contribution is 5.70. The van der Waals surface area contributed by atoms with Crippen LogP contribution >= 0.6 is 0 Å². The van der Waals surface area contributed by atoms with E-state index in [1.54, 1.807) is 0 Å². The molecular weight excluding hydrogens is 266 g/mol. The Labute approximate surface area is 112 Å². The van der Waals surface area contributed by atoms with Gasteiger partial charge in [0.2, 0.25) is 5.95 Å². The lowest BCUT2D eigenvalue weighted by molar-refractivity contribution is -0.0483. The van der Waals surface area contributed by atoms with Gasteiger partial charge in [0.15, 0.2) is 17.4 Å². The number of hydrogen-bond donors (Lipinski definition) is 4. The molecule has 2 aromatic heterocycles. The standard InChI is InChI=1S/C11H13N5O4/c1-4-5(2-17)20-10(7(4)18)16-3-13-6-8(16)14-11(12)15-9(6)19/h3,5,7,10,17-18H,1-2H2,(H3,12,14,15,19)/t5-,7-,10-/m1/s1.